The summed E-state index contributed by atoms with van der Waals surface area (Å²) in [5.41, 5.74) is 0.634. The summed E-state index contributed by atoms with van der Waals surface area (Å²) in [6.45, 7) is -0.367. The van der Waals surface area contributed by atoms with Crippen LogP contribution in [0.4, 0.5) is 0 Å². The number of carbonyl (C=O) groups is 1. The molecule has 0 bridgehead atoms. The summed E-state index contributed by atoms with van der Waals surface area (Å²) in [4.78, 5) is 20.0. The molecule has 2 N–H and O–H groups in total. The lowest BCUT2D eigenvalue weighted by Crippen LogP contribution is -1.98. The molecule has 1 rings (SSSR count). The fourth-order valence-electron chi connectivity index (χ4n) is 1.15. The van der Waals surface area contributed by atoms with Gasteiger partial charge in [0.25, 0.3) is 0 Å². The van der Waals surface area contributed by atoms with Crippen molar-refractivity contribution in [3.05, 3.63) is 45.5 Å². The minimum absolute atomic E-state index is 0.121. The zero-order valence-electron chi connectivity index (χ0n) is 8.16. The highest BCUT2D eigenvalue weighted by molar-refractivity contribution is 5.85. The molecule has 0 heterocycles. The summed E-state index contributed by atoms with van der Waals surface area (Å²) in [6, 6.07) is 4.08. The smallest absolute Gasteiger partial charge is 0.328 e. The molecule has 0 unspecified atom stereocenters. The predicted molar refractivity (Wildman–Crippen MR) is 55.5 cm³/mol. The molecule has 1 aromatic carbocycles. The Morgan fingerprint density at radius 3 is 2.75 bits per heavy atom. The topological polar surface area (TPSA) is 101 Å². The van der Waals surface area contributed by atoms with Gasteiger partial charge in [0, 0.05) is 22.1 Å². The van der Waals surface area contributed by atoms with Crippen LogP contribution in [-0.4, -0.2) is 21.1 Å². The molecule has 16 heavy (non-hydrogen) atoms. The van der Waals surface area contributed by atoms with Crippen molar-refractivity contribution in [2.24, 2.45) is 0 Å². The molecule has 0 aliphatic carbocycles. The fourth-order valence-corrected chi connectivity index (χ4v) is 1.15. The molecule has 1 aromatic rings. The second kappa shape index (κ2) is 4.92. The Balaban J connectivity index is 2.99. The van der Waals surface area contributed by atoms with Crippen molar-refractivity contribution in [1.82, 2.24) is 0 Å². The van der Waals surface area contributed by atoms with E-state index in [9.17, 15) is 20.0 Å². The fraction of sp³-hybridized carbons (Fsp3) is 0.100. The second-order valence-electron chi connectivity index (χ2n) is 3.06. The Morgan fingerprint density at radius 1 is 1.50 bits per heavy atom. The SMILES string of the molecule is O=C(O)C=Cc1cc(C[N+](=O)[O-])ccc1O. The van der Waals surface area contributed by atoms with Crippen molar-refractivity contribution >= 4 is 12.0 Å². The minimum Gasteiger partial charge on any atom is -0.507 e. The lowest BCUT2D eigenvalue weighted by molar-refractivity contribution is -0.496. The maximum Gasteiger partial charge on any atom is 0.328 e. The first-order chi connectivity index (χ1) is 7.49. The summed E-state index contributed by atoms with van der Waals surface area (Å²) < 4.78 is 0. The second-order valence-corrected chi connectivity index (χ2v) is 3.06. The van der Waals surface area contributed by atoms with Gasteiger partial charge in [-0.2, -0.15) is 0 Å². The highest BCUT2D eigenvalue weighted by Crippen LogP contribution is 2.20. The Hall–Kier alpha value is -2.37. The maximum absolute atomic E-state index is 10.3. The van der Waals surface area contributed by atoms with Gasteiger partial charge in [0.2, 0.25) is 6.54 Å². The van der Waals surface area contributed by atoms with E-state index in [2.05, 4.69) is 0 Å². The van der Waals surface area contributed by atoms with Gasteiger partial charge in [-0.05, 0) is 24.3 Å². The van der Waals surface area contributed by atoms with Crippen molar-refractivity contribution in [3.8, 4) is 5.75 Å². The zero-order chi connectivity index (χ0) is 12.1. The highest BCUT2D eigenvalue weighted by Gasteiger charge is 2.05. The molecule has 0 aliphatic rings. The number of phenolic OH excluding ortho intramolecular Hbond substituents is 1. The molecule has 0 radical (unpaired) electrons. The first-order valence-electron chi connectivity index (χ1n) is 4.33. The standard InChI is InChI=1S/C10H9NO5/c12-9-3-1-7(6-11(15)16)5-8(9)2-4-10(13)14/h1-5,12H,6H2,(H,13,14). The van der Waals surface area contributed by atoms with Crippen LogP contribution < -0.4 is 0 Å². The van der Waals surface area contributed by atoms with Crippen molar-refractivity contribution in [1.29, 1.82) is 0 Å². The summed E-state index contributed by atoms with van der Waals surface area (Å²) >= 11 is 0. The molecule has 84 valence electrons. The van der Waals surface area contributed by atoms with Crippen LogP contribution in [0.5, 0.6) is 5.75 Å². The average Bonchev–Trinajstić information content (AvgIpc) is 2.18. The molecule has 0 spiro atoms. The van der Waals surface area contributed by atoms with E-state index in [1.807, 2.05) is 0 Å². The lowest BCUT2D eigenvalue weighted by atomic mass is 10.1. The van der Waals surface area contributed by atoms with Crippen LogP contribution in [0.15, 0.2) is 24.3 Å². The molecule has 0 atom stereocenters. The molecule has 0 saturated heterocycles. The number of rotatable bonds is 4. The average molecular weight is 223 g/mol. The van der Waals surface area contributed by atoms with E-state index in [1.165, 1.54) is 24.3 Å². The molecule has 0 amide bonds. The number of aromatic hydroxyl groups is 1. The summed E-state index contributed by atoms with van der Waals surface area (Å²) in [5.74, 6) is -1.27. The van der Waals surface area contributed by atoms with Crippen LogP contribution in [0.2, 0.25) is 0 Å². The molecule has 6 nitrogen and oxygen atoms in total. The van der Waals surface area contributed by atoms with Gasteiger partial charge in [0.05, 0.1) is 0 Å². The summed E-state index contributed by atoms with van der Waals surface area (Å²) in [6.07, 6.45) is 2.03. The van der Waals surface area contributed by atoms with Gasteiger partial charge in [0.1, 0.15) is 5.75 Å². The van der Waals surface area contributed by atoms with Crippen molar-refractivity contribution in [2.75, 3.05) is 0 Å². The number of carboxylic acid groups (broad SMARTS) is 1. The van der Waals surface area contributed by atoms with Crippen LogP contribution in [0.25, 0.3) is 6.08 Å². The van der Waals surface area contributed by atoms with Crippen LogP contribution in [0.3, 0.4) is 0 Å². The Morgan fingerprint density at radius 2 is 2.19 bits per heavy atom. The quantitative estimate of drug-likeness (QED) is 0.454. The van der Waals surface area contributed by atoms with Crippen LogP contribution >= 0.6 is 0 Å². The Labute approximate surface area is 90.6 Å². The normalized spacial score (nSPS) is 10.5. The molecule has 0 saturated carbocycles. The van der Waals surface area contributed by atoms with Crippen LogP contribution in [0, 0.1) is 10.1 Å². The molecule has 0 aromatic heterocycles. The van der Waals surface area contributed by atoms with Gasteiger partial charge in [-0.25, -0.2) is 4.79 Å². The molecule has 0 aliphatic heterocycles. The molecular formula is C10H9NO5. The number of nitrogens with zero attached hydrogens (tertiary/aromatic N) is 1. The third-order valence-corrected chi connectivity index (χ3v) is 1.81. The summed E-state index contributed by atoms with van der Waals surface area (Å²) in [7, 11) is 0. The maximum atomic E-state index is 10.3. The number of hydrogen-bond donors (Lipinski definition) is 2. The minimum atomic E-state index is -1.15. The number of nitro groups is 1. The van der Waals surface area contributed by atoms with Gasteiger partial charge in [-0.3, -0.25) is 10.1 Å². The first-order valence-corrected chi connectivity index (χ1v) is 4.33. The van der Waals surface area contributed by atoms with E-state index in [0.29, 0.717) is 5.56 Å². The van der Waals surface area contributed by atoms with E-state index in [0.717, 1.165) is 6.08 Å². The zero-order valence-corrected chi connectivity index (χ0v) is 8.16. The van der Waals surface area contributed by atoms with Crippen molar-refractivity contribution in [3.63, 3.8) is 0 Å². The highest BCUT2D eigenvalue weighted by atomic mass is 16.6. The molecular weight excluding hydrogens is 214 g/mol. The number of hydrogen-bond acceptors (Lipinski definition) is 4. The van der Waals surface area contributed by atoms with Crippen LogP contribution in [0.1, 0.15) is 11.1 Å². The van der Waals surface area contributed by atoms with E-state index >= 15 is 0 Å². The molecule has 6 heteroatoms. The van der Waals surface area contributed by atoms with Gasteiger partial charge < -0.3 is 10.2 Å². The van der Waals surface area contributed by atoms with Gasteiger partial charge in [-0.15, -0.1) is 0 Å². The lowest BCUT2D eigenvalue weighted by Gasteiger charge is -2.00. The first kappa shape index (κ1) is 11.7. The van der Waals surface area contributed by atoms with Gasteiger partial charge in [0.15, 0.2) is 0 Å². The monoisotopic (exact) mass is 223 g/mol. The third-order valence-electron chi connectivity index (χ3n) is 1.81. The number of benzene rings is 1. The third kappa shape index (κ3) is 3.41. The van der Waals surface area contributed by atoms with E-state index in [1.54, 1.807) is 0 Å². The number of carboxylic acids is 1. The van der Waals surface area contributed by atoms with E-state index in [4.69, 9.17) is 5.11 Å². The van der Waals surface area contributed by atoms with Crippen molar-refractivity contribution < 1.29 is 19.9 Å². The van der Waals surface area contributed by atoms with E-state index < -0.39 is 10.9 Å². The van der Waals surface area contributed by atoms with E-state index in [-0.39, 0.29) is 17.9 Å². The number of phenols is 1. The largest absolute Gasteiger partial charge is 0.507 e. The van der Waals surface area contributed by atoms with Gasteiger partial charge >= 0.3 is 5.97 Å². The predicted octanol–water partition coefficient (Wildman–Crippen LogP) is 1.27. The molecule has 0 fully saturated rings. The summed E-state index contributed by atoms with van der Waals surface area (Å²) in [5, 5.41) is 28.0. The Bertz CT molecular complexity index is 453. The van der Waals surface area contributed by atoms with Crippen LogP contribution in [-0.2, 0) is 11.3 Å². The Kier molecular flexibility index (Phi) is 3.60. The number of aliphatic carboxylic acids is 1. The van der Waals surface area contributed by atoms with Crippen molar-refractivity contribution in [2.45, 2.75) is 6.54 Å². The van der Waals surface area contributed by atoms with Gasteiger partial charge in [-0.1, -0.05) is 0 Å².